The molecular weight excluding hydrogens is 174 g/mol. The normalized spacial score (nSPS) is 11.2. The lowest BCUT2D eigenvalue weighted by atomic mass is 10.3. The minimum atomic E-state index is 0.894. The molecule has 14 heavy (non-hydrogen) atoms. The summed E-state index contributed by atoms with van der Waals surface area (Å²) in [5.41, 5.74) is 1.08. The van der Waals surface area contributed by atoms with Crippen LogP contribution in [0.4, 0.5) is 0 Å². The fourth-order valence-electron chi connectivity index (χ4n) is 1.17. The minimum Gasteiger partial charge on any atom is -0.308 e. The van der Waals surface area contributed by atoms with Crippen molar-refractivity contribution < 1.29 is 0 Å². The van der Waals surface area contributed by atoms with Gasteiger partial charge in [0.1, 0.15) is 0 Å². The van der Waals surface area contributed by atoms with Gasteiger partial charge in [0.15, 0.2) is 0 Å². The summed E-state index contributed by atoms with van der Waals surface area (Å²) < 4.78 is 0. The molecule has 0 bridgehead atoms. The summed E-state index contributed by atoms with van der Waals surface area (Å²) in [4.78, 5) is 8.70. The molecule has 0 atom stereocenters. The van der Waals surface area contributed by atoms with Crippen molar-refractivity contribution in [3.05, 3.63) is 30.1 Å². The highest BCUT2D eigenvalue weighted by molar-refractivity contribution is 5.01. The molecule has 1 rings (SSSR count). The van der Waals surface area contributed by atoms with Gasteiger partial charge in [-0.15, -0.1) is 0 Å². The highest BCUT2D eigenvalue weighted by Crippen LogP contribution is 1.97. The average molecular weight is 192 g/mol. The van der Waals surface area contributed by atoms with Crippen LogP contribution in [0.2, 0.25) is 0 Å². The first kappa shape index (κ1) is 11.1. The third-order valence-electron chi connectivity index (χ3n) is 2.02. The topological polar surface area (TPSA) is 19.4 Å². The van der Waals surface area contributed by atoms with Gasteiger partial charge in [-0.25, -0.2) is 0 Å². The molecule has 1 aromatic heterocycles. The molecular formula is C11H18N3. The highest BCUT2D eigenvalue weighted by atomic mass is 15.1. The Bertz CT molecular complexity index is 246. The van der Waals surface area contributed by atoms with Gasteiger partial charge in [-0.1, -0.05) is 0 Å². The van der Waals surface area contributed by atoms with E-state index in [2.05, 4.69) is 42.0 Å². The van der Waals surface area contributed by atoms with E-state index in [0.29, 0.717) is 0 Å². The van der Waals surface area contributed by atoms with Crippen LogP contribution in [0, 0.1) is 6.07 Å². The van der Waals surface area contributed by atoms with E-state index < -0.39 is 0 Å². The molecule has 0 spiro atoms. The molecule has 0 aromatic carbocycles. The van der Waals surface area contributed by atoms with Crippen LogP contribution in [0.5, 0.6) is 0 Å². The van der Waals surface area contributed by atoms with Gasteiger partial charge in [-0.05, 0) is 39.3 Å². The first-order chi connectivity index (χ1) is 6.68. The SMILES string of the molecule is CN(C)CCN(C)Cc1c[c]ccn1. The first-order valence-electron chi connectivity index (χ1n) is 4.83. The fraction of sp³-hybridized carbons (Fsp3) is 0.545. The zero-order valence-electron chi connectivity index (χ0n) is 9.20. The van der Waals surface area contributed by atoms with Crippen molar-refractivity contribution in [1.82, 2.24) is 14.8 Å². The van der Waals surface area contributed by atoms with E-state index in [-0.39, 0.29) is 0 Å². The first-order valence-corrected chi connectivity index (χ1v) is 4.83. The lowest BCUT2D eigenvalue weighted by Crippen LogP contribution is -2.28. The molecule has 3 nitrogen and oxygen atoms in total. The second kappa shape index (κ2) is 5.73. The Balaban J connectivity index is 2.30. The Morgan fingerprint density at radius 2 is 2.07 bits per heavy atom. The largest absolute Gasteiger partial charge is 0.308 e. The Morgan fingerprint density at radius 3 is 2.64 bits per heavy atom. The van der Waals surface area contributed by atoms with Gasteiger partial charge in [-0.2, -0.15) is 0 Å². The van der Waals surface area contributed by atoms with E-state index in [0.717, 1.165) is 25.3 Å². The van der Waals surface area contributed by atoms with Crippen LogP contribution in [0.25, 0.3) is 0 Å². The molecule has 0 amide bonds. The van der Waals surface area contributed by atoms with Crippen molar-refractivity contribution in [3.8, 4) is 0 Å². The zero-order valence-corrected chi connectivity index (χ0v) is 9.20. The third-order valence-corrected chi connectivity index (χ3v) is 2.02. The third kappa shape index (κ3) is 4.35. The van der Waals surface area contributed by atoms with E-state index in [1.807, 2.05) is 12.1 Å². The van der Waals surface area contributed by atoms with Gasteiger partial charge >= 0.3 is 0 Å². The van der Waals surface area contributed by atoms with Crippen LogP contribution in [0.1, 0.15) is 5.69 Å². The zero-order chi connectivity index (χ0) is 10.4. The molecule has 0 aliphatic heterocycles. The monoisotopic (exact) mass is 192 g/mol. The number of aromatic nitrogens is 1. The number of likely N-dealkylation sites (N-methyl/N-ethyl adjacent to an activating group) is 2. The number of nitrogens with zero attached hydrogens (tertiary/aromatic N) is 3. The molecule has 0 aliphatic rings. The summed E-state index contributed by atoms with van der Waals surface area (Å²) in [6, 6.07) is 6.79. The smallest absolute Gasteiger partial charge is 0.0550 e. The Labute approximate surface area is 86.4 Å². The van der Waals surface area contributed by atoms with Gasteiger partial charge in [0.05, 0.1) is 5.69 Å². The molecule has 0 fully saturated rings. The lowest BCUT2D eigenvalue weighted by Gasteiger charge is -2.18. The molecule has 77 valence electrons. The molecule has 1 heterocycles. The van der Waals surface area contributed by atoms with Gasteiger partial charge in [0.25, 0.3) is 0 Å². The van der Waals surface area contributed by atoms with E-state index in [4.69, 9.17) is 0 Å². The standard InChI is InChI=1S/C11H18N3/c1-13(2)8-9-14(3)10-11-6-4-5-7-12-11/h5-7H,8-10H2,1-3H3. The molecule has 3 heteroatoms. The Morgan fingerprint density at radius 1 is 1.29 bits per heavy atom. The second-order valence-corrected chi connectivity index (χ2v) is 3.79. The Hall–Kier alpha value is -0.930. The molecule has 0 saturated heterocycles. The predicted octanol–water partition coefficient (Wildman–Crippen LogP) is 0.875. The van der Waals surface area contributed by atoms with Crippen molar-refractivity contribution in [2.45, 2.75) is 6.54 Å². The number of hydrogen-bond donors (Lipinski definition) is 0. The quantitative estimate of drug-likeness (QED) is 0.690. The van der Waals surface area contributed by atoms with E-state index >= 15 is 0 Å². The predicted molar refractivity (Wildman–Crippen MR) is 58.0 cm³/mol. The molecule has 1 aromatic rings. The summed E-state index contributed by atoms with van der Waals surface area (Å²) in [5, 5.41) is 0. The van der Waals surface area contributed by atoms with Gasteiger partial charge in [0, 0.05) is 25.8 Å². The summed E-state index contributed by atoms with van der Waals surface area (Å²) in [5.74, 6) is 0. The summed E-state index contributed by atoms with van der Waals surface area (Å²) in [6.45, 7) is 3.03. The van der Waals surface area contributed by atoms with Crippen LogP contribution < -0.4 is 0 Å². The van der Waals surface area contributed by atoms with Gasteiger partial charge in [0.2, 0.25) is 0 Å². The van der Waals surface area contributed by atoms with Crippen LogP contribution >= 0.6 is 0 Å². The van der Waals surface area contributed by atoms with Crippen molar-refractivity contribution in [3.63, 3.8) is 0 Å². The van der Waals surface area contributed by atoms with E-state index in [1.54, 1.807) is 6.20 Å². The minimum absolute atomic E-state index is 0.894. The second-order valence-electron chi connectivity index (χ2n) is 3.79. The van der Waals surface area contributed by atoms with Crippen molar-refractivity contribution >= 4 is 0 Å². The lowest BCUT2D eigenvalue weighted by molar-refractivity contribution is 0.274. The van der Waals surface area contributed by atoms with Crippen LogP contribution in [0.3, 0.4) is 0 Å². The maximum Gasteiger partial charge on any atom is 0.0550 e. The van der Waals surface area contributed by atoms with Crippen molar-refractivity contribution in [1.29, 1.82) is 0 Å². The average Bonchev–Trinajstić information content (AvgIpc) is 2.16. The molecule has 0 unspecified atom stereocenters. The van der Waals surface area contributed by atoms with Crippen LogP contribution in [0.15, 0.2) is 18.3 Å². The van der Waals surface area contributed by atoms with Gasteiger partial charge in [-0.3, -0.25) is 9.88 Å². The van der Waals surface area contributed by atoms with Crippen molar-refractivity contribution in [2.24, 2.45) is 0 Å². The number of rotatable bonds is 5. The summed E-state index contributed by atoms with van der Waals surface area (Å²) in [6.07, 6.45) is 1.79. The van der Waals surface area contributed by atoms with Crippen LogP contribution in [-0.4, -0.2) is 49.0 Å². The van der Waals surface area contributed by atoms with Gasteiger partial charge < -0.3 is 4.90 Å². The summed E-state index contributed by atoms with van der Waals surface area (Å²) in [7, 11) is 6.28. The number of pyridine rings is 1. The van der Waals surface area contributed by atoms with E-state index in [1.165, 1.54) is 0 Å². The van der Waals surface area contributed by atoms with Crippen LogP contribution in [-0.2, 0) is 6.54 Å². The van der Waals surface area contributed by atoms with Crippen molar-refractivity contribution in [2.75, 3.05) is 34.2 Å². The molecule has 1 radical (unpaired) electrons. The maximum absolute atomic E-state index is 4.26. The molecule has 0 aliphatic carbocycles. The highest BCUT2D eigenvalue weighted by Gasteiger charge is 2.00. The fourth-order valence-corrected chi connectivity index (χ4v) is 1.17. The maximum atomic E-state index is 4.26. The molecule has 0 saturated carbocycles. The summed E-state index contributed by atoms with van der Waals surface area (Å²) >= 11 is 0. The van der Waals surface area contributed by atoms with E-state index in [9.17, 15) is 0 Å². The number of hydrogen-bond acceptors (Lipinski definition) is 3. The Kier molecular flexibility index (Phi) is 4.56. The molecule has 0 N–H and O–H groups in total.